The summed E-state index contributed by atoms with van der Waals surface area (Å²) < 4.78 is 5.73. The van der Waals surface area contributed by atoms with Crippen LogP contribution in [0.2, 0.25) is 0 Å². The standard InChI is InChI=1S/C18H19NO2/c20-18(15-5-4-12-19-13-15)14-8-10-17(11-9-14)21-16-6-2-1-3-7-16/h1-3,6-11,15,19H,4-5,12-13H2/t15-/m0/s1. The van der Waals surface area contributed by atoms with Crippen LogP contribution < -0.4 is 10.1 Å². The van der Waals surface area contributed by atoms with Gasteiger partial charge in [0, 0.05) is 18.0 Å². The van der Waals surface area contributed by atoms with Crippen LogP contribution in [-0.4, -0.2) is 18.9 Å². The number of nitrogens with one attached hydrogen (secondary N) is 1. The molecular formula is C18H19NO2. The Morgan fingerprint density at radius 3 is 2.38 bits per heavy atom. The first kappa shape index (κ1) is 13.8. The number of para-hydroxylation sites is 1. The van der Waals surface area contributed by atoms with Crippen molar-refractivity contribution in [3.8, 4) is 11.5 Å². The molecule has 0 unspecified atom stereocenters. The summed E-state index contributed by atoms with van der Waals surface area (Å²) in [7, 11) is 0. The van der Waals surface area contributed by atoms with Crippen LogP contribution in [-0.2, 0) is 0 Å². The van der Waals surface area contributed by atoms with Gasteiger partial charge in [0.25, 0.3) is 0 Å². The molecule has 1 aliphatic rings. The number of ether oxygens (including phenoxy) is 1. The summed E-state index contributed by atoms with van der Waals surface area (Å²) in [6.45, 7) is 1.81. The molecule has 3 heteroatoms. The van der Waals surface area contributed by atoms with Crippen LogP contribution in [0.5, 0.6) is 11.5 Å². The molecule has 0 aromatic heterocycles. The van der Waals surface area contributed by atoms with Crippen LogP contribution in [0.25, 0.3) is 0 Å². The molecule has 0 radical (unpaired) electrons. The second-order valence-electron chi connectivity index (χ2n) is 5.35. The number of Topliss-reactive ketones (excluding diaryl/α,β-unsaturated/α-hetero) is 1. The molecule has 1 heterocycles. The van der Waals surface area contributed by atoms with Gasteiger partial charge in [-0.3, -0.25) is 4.79 Å². The Hall–Kier alpha value is -2.13. The van der Waals surface area contributed by atoms with E-state index in [1.807, 2.05) is 54.6 Å². The fraction of sp³-hybridized carbons (Fsp3) is 0.278. The van der Waals surface area contributed by atoms with Gasteiger partial charge in [0.1, 0.15) is 11.5 Å². The molecule has 1 saturated heterocycles. The highest BCUT2D eigenvalue weighted by molar-refractivity contribution is 5.98. The number of benzene rings is 2. The second kappa shape index (κ2) is 6.55. The van der Waals surface area contributed by atoms with Crippen LogP contribution in [0.1, 0.15) is 23.2 Å². The van der Waals surface area contributed by atoms with E-state index in [4.69, 9.17) is 4.74 Å². The van der Waals surface area contributed by atoms with E-state index in [-0.39, 0.29) is 11.7 Å². The van der Waals surface area contributed by atoms with Gasteiger partial charge in [0.2, 0.25) is 0 Å². The number of carbonyl (C=O) groups excluding carboxylic acids is 1. The predicted molar refractivity (Wildman–Crippen MR) is 82.9 cm³/mol. The van der Waals surface area contributed by atoms with Gasteiger partial charge in [-0.1, -0.05) is 18.2 Å². The highest BCUT2D eigenvalue weighted by Gasteiger charge is 2.21. The van der Waals surface area contributed by atoms with Crippen molar-refractivity contribution in [2.45, 2.75) is 12.8 Å². The Morgan fingerprint density at radius 1 is 1.00 bits per heavy atom. The normalized spacial score (nSPS) is 18.2. The van der Waals surface area contributed by atoms with Crippen molar-refractivity contribution >= 4 is 5.78 Å². The summed E-state index contributed by atoms with van der Waals surface area (Å²) in [5, 5.41) is 3.28. The van der Waals surface area contributed by atoms with E-state index < -0.39 is 0 Å². The number of rotatable bonds is 4. The molecule has 2 aromatic rings. The molecule has 1 N–H and O–H groups in total. The lowest BCUT2D eigenvalue weighted by Gasteiger charge is -2.21. The van der Waals surface area contributed by atoms with Crippen LogP contribution in [0.4, 0.5) is 0 Å². The number of carbonyl (C=O) groups is 1. The van der Waals surface area contributed by atoms with Gasteiger partial charge in [-0.15, -0.1) is 0 Å². The van der Waals surface area contributed by atoms with E-state index >= 15 is 0 Å². The van der Waals surface area contributed by atoms with Crippen LogP contribution in [0, 0.1) is 5.92 Å². The third kappa shape index (κ3) is 3.50. The molecule has 3 nitrogen and oxygen atoms in total. The monoisotopic (exact) mass is 281 g/mol. The maximum Gasteiger partial charge on any atom is 0.167 e. The van der Waals surface area contributed by atoms with Crippen molar-refractivity contribution < 1.29 is 9.53 Å². The lowest BCUT2D eigenvalue weighted by Crippen LogP contribution is -2.34. The van der Waals surface area contributed by atoms with Crippen molar-refractivity contribution in [3.05, 3.63) is 60.2 Å². The average molecular weight is 281 g/mol. The van der Waals surface area contributed by atoms with Gasteiger partial charge in [-0.25, -0.2) is 0 Å². The lowest BCUT2D eigenvalue weighted by atomic mass is 9.91. The maximum absolute atomic E-state index is 12.4. The first-order valence-electron chi connectivity index (χ1n) is 7.41. The minimum atomic E-state index is 0.111. The predicted octanol–water partition coefficient (Wildman–Crippen LogP) is 3.66. The Labute approximate surface area is 124 Å². The zero-order chi connectivity index (χ0) is 14.5. The third-order valence-electron chi connectivity index (χ3n) is 3.79. The van der Waals surface area contributed by atoms with Crippen molar-refractivity contribution in [3.63, 3.8) is 0 Å². The molecule has 2 aromatic carbocycles. The van der Waals surface area contributed by atoms with E-state index in [1.54, 1.807) is 0 Å². The number of hydrogen-bond acceptors (Lipinski definition) is 3. The molecule has 3 rings (SSSR count). The Morgan fingerprint density at radius 2 is 1.71 bits per heavy atom. The molecule has 108 valence electrons. The largest absolute Gasteiger partial charge is 0.457 e. The van der Waals surface area contributed by atoms with Gasteiger partial charge >= 0.3 is 0 Å². The molecule has 0 bridgehead atoms. The zero-order valence-corrected chi connectivity index (χ0v) is 11.9. The molecule has 0 saturated carbocycles. The molecule has 1 fully saturated rings. The van der Waals surface area contributed by atoms with Crippen molar-refractivity contribution in [1.82, 2.24) is 5.32 Å². The van der Waals surface area contributed by atoms with Gasteiger partial charge in [0.15, 0.2) is 5.78 Å². The van der Waals surface area contributed by atoms with Crippen LogP contribution in [0.3, 0.4) is 0 Å². The van der Waals surface area contributed by atoms with E-state index in [1.165, 1.54) is 0 Å². The quantitative estimate of drug-likeness (QED) is 0.869. The Kier molecular flexibility index (Phi) is 4.31. The summed E-state index contributed by atoms with van der Waals surface area (Å²) >= 11 is 0. The average Bonchev–Trinajstić information content (AvgIpc) is 2.57. The molecule has 1 aliphatic heterocycles. The first-order valence-corrected chi connectivity index (χ1v) is 7.41. The minimum absolute atomic E-state index is 0.111. The summed E-state index contributed by atoms with van der Waals surface area (Å²) in [5.41, 5.74) is 0.768. The molecule has 21 heavy (non-hydrogen) atoms. The molecule has 0 amide bonds. The van der Waals surface area contributed by atoms with Crippen LogP contribution in [0.15, 0.2) is 54.6 Å². The number of hydrogen-bond donors (Lipinski definition) is 1. The van der Waals surface area contributed by atoms with Crippen molar-refractivity contribution in [2.24, 2.45) is 5.92 Å². The van der Waals surface area contributed by atoms with Gasteiger partial charge in [0.05, 0.1) is 0 Å². The van der Waals surface area contributed by atoms with Gasteiger partial charge in [-0.05, 0) is 55.8 Å². The number of ketones is 1. The minimum Gasteiger partial charge on any atom is -0.457 e. The van der Waals surface area contributed by atoms with Crippen molar-refractivity contribution in [1.29, 1.82) is 0 Å². The maximum atomic E-state index is 12.4. The van der Waals surface area contributed by atoms with E-state index in [2.05, 4.69) is 5.32 Å². The Bertz CT molecular complexity index is 586. The summed E-state index contributed by atoms with van der Waals surface area (Å²) in [5.74, 6) is 1.89. The SMILES string of the molecule is O=C(c1ccc(Oc2ccccc2)cc1)[C@H]1CCCNC1. The van der Waals surface area contributed by atoms with Gasteiger partial charge in [-0.2, -0.15) is 0 Å². The first-order chi connectivity index (χ1) is 10.3. The van der Waals surface area contributed by atoms with E-state index in [9.17, 15) is 4.79 Å². The fourth-order valence-corrected chi connectivity index (χ4v) is 2.62. The molecule has 0 spiro atoms. The van der Waals surface area contributed by atoms with Crippen LogP contribution >= 0.6 is 0 Å². The highest BCUT2D eigenvalue weighted by Crippen LogP contribution is 2.23. The zero-order valence-electron chi connectivity index (χ0n) is 11.9. The third-order valence-corrected chi connectivity index (χ3v) is 3.79. The van der Waals surface area contributed by atoms with E-state index in [0.717, 1.165) is 43.0 Å². The highest BCUT2D eigenvalue weighted by atomic mass is 16.5. The summed E-state index contributed by atoms with van der Waals surface area (Å²) in [6, 6.07) is 17.1. The van der Waals surface area contributed by atoms with E-state index in [0.29, 0.717) is 0 Å². The fourth-order valence-electron chi connectivity index (χ4n) is 2.62. The van der Waals surface area contributed by atoms with Crippen molar-refractivity contribution in [2.75, 3.05) is 13.1 Å². The Balaban J connectivity index is 1.67. The van der Waals surface area contributed by atoms with Gasteiger partial charge < -0.3 is 10.1 Å². The lowest BCUT2D eigenvalue weighted by molar-refractivity contribution is 0.0899. The number of piperidine rings is 1. The molecule has 0 aliphatic carbocycles. The summed E-state index contributed by atoms with van der Waals surface area (Å²) in [4.78, 5) is 12.4. The molecule has 1 atom stereocenters. The topological polar surface area (TPSA) is 38.3 Å². The smallest absolute Gasteiger partial charge is 0.167 e. The molecular weight excluding hydrogens is 262 g/mol. The summed E-state index contributed by atoms with van der Waals surface area (Å²) in [6.07, 6.45) is 2.06. The second-order valence-corrected chi connectivity index (χ2v) is 5.35.